The molecule has 0 bridgehead atoms. The van der Waals surface area contributed by atoms with E-state index in [1.165, 1.54) is 37.1 Å². The van der Waals surface area contributed by atoms with Gasteiger partial charge in [0.2, 0.25) is 5.91 Å². The maximum atomic E-state index is 12.3. The average molecular weight is 463 g/mol. The summed E-state index contributed by atoms with van der Waals surface area (Å²) in [6.07, 6.45) is 0.361. The summed E-state index contributed by atoms with van der Waals surface area (Å²) < 4.78 is 11.8. The summed E-state index contributed by atoms with van der Waals surface area (Å²) in [6, 6.07) is 13.7. The zero-order valence-corrected chi connectivity index (χ0v) is 18.5. The Hall–Kier alpha value is -4.72. The number of rotatable bonds is 9. The number of carbonyl (C=O) groups excluding carboxylic acids is 1. The van der Waals surface area contributed by atoms with Crippen molar-refractivity contribution >= 4 is 17.3 Å². The number of non-ortho nitro benzene ring substituents is 1. The van der Waals surface area contributed by atoms with Crippen molar-refractivity contribution in [1.82, 2.24) is 9.78 Å². The minimum atomic E-state index is -0.618. The molecule has 1 amide bonds. The van der Waals surface area contributed by atoms with E-state index in [4.69, 9.17) is 9.47 Å². The number of methoxy groups -OCH3 is 2. The largest absolute Gasteiger partial charge is 0.493 e. The molecule has 1 heterocycles. The first-order chi connectivity index (χ1) is 16.4. The van der Waals surface area contributed by atoms with Crippen LogP contribution in [0.15, 0.2) is 53.3 Å². The third-order valence-electron chi connectivity index (χ3n) is 4.93. The Morgan fingerprint density at radius 1 is 1.15 bits per heavy atom. The maximum Gasteiger partial charge on any atom is 0.270 e. The molecule has 1 N–H and O–H groups in total. The van der Waals surface area contributed by atoms with E-state index in [1.54, 1.807) is 24.3 Å². The summed E-state index contributed by atoms with van der Waals surface area (Å²) in [5.41, 5.74) is 0.897. The Morgan fingerprint density at radius 3 is 2.59 bits per heavy atom. The monoisotopic (exact) mass is 463 g/mol. The molecule has 1 aromatic heterocycles. The first-order valence-corrected chi connectivity index (χ1v) is 10.1. The summed E-state index contributed by atoms with van der Waals surface area (Å²) in [7, 11) is 3.06. The van der Waals surface area contributed by atoms with Gasteiger partial charge in [-0.2, -0.15) is 10.4 Å². The van der Waals surface area contributed by atoms with Gasteiger partial charge in [-0.05, 0) is 36.8 Å². The molecule has 0 saturated heterocycles. The number of nitro groups is 1. The second-order valence-electron chi connectivity index (χ2n) is 7.10. The first kappa shape index (κ1) is 23.9. The Balaban J connectivity index is 1.66. The maximum absolute atomic E-state index is 12.3. The number of benzene rings is 2. The molecule has 0 aliphatic heterocycles. The van der Waals surface area contributed by atoms with Crippen LogP contribution in [-0.2, 0) is 11.3 Å². The number of anilines is 1. The number of nitrogens with one attached hydrogen (secondary N) is 1. The topological polar surface area (TPSA) is 149 Å². The number of aromatic nitrogens is 2. The van der Waals surface area contributed by atoms with E-state index in [2.05, 4.69) is 10.4 Å². The highest BCUT2D eigenvalue weighted by molar-refractivity contribution is 5.92. The molecule has 0 saturated carbocycles. The normalized spacial score (nSPS) is 10.3. The number of ether oxygens (including phenoxy) is 2. The van der Waals surface area contributed by atoms with Crippen LogP contribution in [0.1, 0.15) is 18.4 Å². The van der Waals surface area contributed by atoms with Gasteiger partial charge in [0, 0.05) is 36.7 Å². The second kappa shape index (κ2) is 10.7. The fraction of sp³-hybridized carbons (Fsp3) is 0.217. The molecule has 0 unspecified atom stereocenters. The molecular formula is C23H21N5O6. The average Bonchev–Trinajstić information content (AvgIpc) is 2.84. The van der Waals surface area contributed by atoms with Crippen molar-refractivity contribution in [2.24, 2.45) is 0 Å². The fourth-order valence-corrected chi connectivity index (χ4v) is 3.21. The van der Waals surface area contributed by atoms with Crippen LogP contribution in [0.3, 0.4) is 0 Å². The number of aryl methyl sites for hydroxylation is 1. The Labute approximate surface area is 194 Å². The van der Waals surface area contributed by atoms with Gasteiger partial charge >= 0.3 is 0 Å². The third kappa shape index (κ3) is 5.55. The molecule has 11 nitrogen and oxygen atoms in total. The number of hydrogen-bond donors (Lipinski definition) is 1. The second-order valence-corrected chi connectivity index (χ2v) is 7.10. The van der Waals surface area contributed by atoms with E-state index in [-0.39, 0.29) is 35.5 Å². The number of nitrogens with zero attached hydrogens (tertiary/aromatic N) is 4. The number of nitro benzene ring substituents is 1. The van der Waals surface area contributed by atoms with E-state index >= 15 is 0 Å². The standard InChI is InChI=1S/C23H21N5O6/c1-33-20-9-5-15(13-21(20)34-2)19-8-10-23(30)27(26-19)11-3-4-22(29)25-18-7-6-17(28(31)32)12-16(18)14-24/h5-10,12-13H,3-4,11H2,1-2H3,(H,25,29). The summed E-state index contributed by atoms with van der Waals surface area (Å²) in [5, 5.41) is 27.0. The molecule has 3 rings (SSSR count). The lowest BCUT2D eigenvalue weighted by Crippen LogP contribution is -2.23. The third-order valence-corrected chi connectivity index (χ3v) is 4.93. The van der Waals surface area contributed by atoms with Crippen molar-refractivity contribution < 1.29 is 19.2 Å². The van der Waals surface area contributed by atoms with E-state index in [0.717, 1.165) is 11.6 Å². The van der Waals surface area contributed by atoms with E-state index in [0.29, 0.717) is 23.6 Å². The summed E-state index contributed by atoms with van der Waals surface area (Å²) in [4.78, 5) is 34.8. The highest BCUT2D eigenvalue weighted by atomic mass is 16.6. The molecule has 0 fully saturated rings. The molecule has 174 valence electrons. The van der Waals surface area contributed by atoms with Crippen LogP contribution < -0.4 is 20.3 Å². The number of hydrogen-bond acceptors (Lipinski definition) is 8. The van der Waals surface area contributed by atoms with Gasteiger partial charge in [-0.1, -0.05) is 0 Å². The Kier molecular flexibility index (Phi) is 7.56. The quantitative estimate of drug-likeness (QED) is 0.376. The minimum absolute atomic E-state index is 0.0111. The van der Waals surface area contributed by atoms with Crippen LogP contribution in [0.2, 0.25) is 0 Å². The van der Waals surface area contributed by atoms with Crippen molar-refractivity contribution in [3.63, 3.8) is 0 Å². The van der Waals surface area contributed by atoms with Crippen molar-refractivity contribution in [2.75, 3.05) is 19.5 Å². The molecule has 0 aliphatic rings. The van der Waals surface area contributed by atoms with Gasteiger partial charge in [-0.15, -0.1) is 0 Å². The van der Waals surface area contributed by atoms with Gasteiger partial charge in [0.1, 0.15) is 6.07 Å². The van der Waals surface area contributed by atoms with Crippen molar-refractivity contribution in [1.29, 1.82) is 5.26 Å². The minimum Gasteiger partial charge on any atom is -0.493 e. The van der Waals surface area contributed by atoms with Crippen molar-refractivity contribution in [3.05, 3.63) is 74.6 Å². The zero-order chi connectivity index (χ0) is 24.7. The highest BCUT2D eigenvalue weighted by Gasteiger charge is 2.13. The summed E-state index contributed by atoms with van der Waals surface area (Å²) in [5.74, 6) is 0.701. The fourth-order valence-electron chi connectivity index (χ4n) is 3.21. The van der Waals surface area contributed by atoms with Gasteiger partial charge in [0.15, 0.2) is 11.5 Å². The van der Waals surface area contributed by atoms with Crippen LogP contribution in [0.5, 0.6) is 11.5 Å². The molecule has 11 heteroatoms. The van der Waals surface area contributed by atoms with E-state index in [1.807, 2.05) is 6.07 Å². The van der Waals surface area contributed by atoms with Crippen molar-refractivity contribution in [3.8, 4) is 28.8 Å². The van der Waals surface area contributed by atoms with E-state index in [9.17, 15) is 25.0 Å². The smallest absolute Gasteiger partial charge is 0.270 e. The Bertz CT molecular complexity index is 1330. The lowest BCUT2D eigenvalue weighted by molar-refractivity contribution is -0.384. The lowest BCUT2D eigenvalue weighted by Gasteiger charge is -2.11. The van der Waals surface area contributed by atoms with Crippen LogP contribution in [-0.4, -0.2) is 34.8 Å². The number of nitriles is 1. The van der Waals surface area contributed by atoms with Crippen LogP contribution in [0.25, 0.3) is 11.3 Å². The highest BCUT2D eigenvalue weighted by Crippen LogP contribution is 2.31. The Morgan fingerprint density at radius 2 is 1.91 bits per heavy atom. The van der Waals surface area contributed by atoms with Gasteiger partial charge in [-0.25, -0.2) is 4.68 Å². The van der Waals surface area contributed by atoms with Crippen LogP contribution >= 0.6 is 0 Å². The molecule has 34 heavy (non-hydrogen) atoms. The summed E-state index contributed by atoms with van der Waals surface area (Å²) in [6.45, 7) is 0.193. The van der Waals surface area contributed by atoms with E-state index < -0.39 is 10.8 Å². The first-order valence-electron chi connectivity index (χ1n) is 10.1. The van der Waals surface area contributed by atoms with Crippen LogP contribution in [0, 0.1) is 21.4 Å². The molecular weight excluding hydrogens is 442 g/mol. The SMILES string of the molecule is COc1ccc(-c2ccc(=O)n(CCCC(=O)Nc3ccc([N+](=O)[O-])cc3C#N)n2)cc1OC. The molecule has 0 aliphatic carbocycles. The van der Waals surface area contributed by atoms with Crippen molar-refractivity contribution in [2.45, 2.75) is 19.4 Å². The molecule has 3 aromatic rings. The van der Waals surface area contributed by atoms with Crippen LogP contribution in [0.4, 0.5) is 11.4 Å². The van der Waals surface area contributed by atoms with Gasteiger partial charge < -0.3 is 14.8 Å². The zero-order valence-electron chi connectivity index (χ0n) is 18.5. The van der Waals surface area contributed by atoms with Gasteiger partial charge in [0.05, 0.1) is 36.1 Å². The van der Waals surface area contributed by atoms with Gasteiger partial charge in [0.25, 0.3) is 11.2 Å². The number of amides is 1. The lowest BCUT2D eigenvalue weighted by atomic mass is 10.1. The molecule has 0 radical (unpaired) electrons. The predicted molar refractivity (Wildman–Crippen MR) is 123 cm³/mol. The summed E-state index contributed by atoms with van der Waals surface area (Å²) >= 11 is 0. The molecule has 0 atom stereocenters. The van der Waals surface area contributed by atoms with Gasteiger partial charge in [-0.3, -0.25) is 19.7 Å². The predicted octanol–water partition coefficient (Wildman–Crippen LogP) is 3.13. The molecule has 2 aromatic carbocycles. The number of carbonyl (C=O) groups is 1. The molecule has 0 spiro atoms.